The summed E-state index contributed by atoms with van der Waals surface area (Å²) < 4.78 is 2.11. The van der Waals surface area contributed by atoms with Crippen molar-refractivity contribution in [3.8, 4) is 0 Å². The van der Waals surface area contributed by atoms with Gasteiger partial charge in [-0.3, -0.25) is 0 Å². The summed E-state index contributed by atoms with van der Waals surface area (Å²) in [5, 5.41) is 1.98. The Hall–Kier alpha value is -0.190. The monoisotopic (exact) mass is 273 g/mol. The van der Waals surface area contributed by atoms with Crippen molar-refractivity contribution in [2.45, 2.75) is 9.54 Å². The van der Waals surface area contributed by atoms with E-state index in [1.165, 1.54) is 10.3 Å². The van der Waals surface area contributed by atoms with E-state index in [-0.39, 0.29) is 0 Å². The fourth-order valence-electron chi connectivity index (χ4n) is 1.34. The molecule has 1 aromatic heterocycles. The normalized spacial score (nSPS) is 10.9. The first-order valence-corrected chi connectivity index (χ1v) is 6.17. The van der Waals surface area contributed by atoms with Gasteiger partial charge in [0.05, 0.1) is 9.90 Å². The maximum atomic E-state index is 5.93. The molecule has 1 nitrogen and oxygen atoms in total. The summed E-state index contributed by atoms with van der Waals surface area (Å²) in [5.74, 6) is 0. The van der Waals surface area contributed by atoms with Crippen LogP contribution in [0.4, 0.5) is 5.69 Å². The number of thiophene rings is 1. The van der Waals surface area contributed by atoms with Crippen molar-refractivity contribution < 1.29 is 0 Å². The quantitative estimate of drug-likeness (QED) is 0.602. The molecule has 2 aromatic rings. The molecule has 0 amide bonds. The first-order chi connectivity index (χ1) is 6.24. The third-order valence-corrected chi connectivity index (χ3v) is 4.06. The first kappa shape index (κ1) is 9.37. The summed E-state index contributed by atoms with van der Waals surface area (Å²) in [6, 6.07) is 6.19. The molecule has 0 saturated carbocycles. The molecule has 0 atom stereocenters. The van der Waals surface area contributed by atoms with Crippen LogP contribution in [0.5, 0.6) is 0 Å². The molecule has 0 bridgehead atoms. The van der Waals surface area contributed by atoms with Gasteiger partial charge in [-0.1, -0.05) is 28.1 Å². The lowest BCUT2D eigenvalue weighted by molar-refractivity contribution is 1.50. The van der Waals surface area contributed by atoms with E-state index >= 15 is 0 Å². The van der Waals surface area contributed by atoms with Gasteiger partial charge >= 0.3 is 0 Å². The highest BCUT2D eigenvalue weighted by molar-refractivity contribution is 9.08. The number of hydrogen-bond acceptors (Lipinski definition) is 3. The number of alkyl halides is 1. The number of nitrogens with two attached hydrogens (primary N) is 1. The molecule has 0 aliphatic heterocycles. The van der Waals surface area contributed by atoms with E-state index in [4.69, 9.17) is 5.73 Å². The van der Waals surface area contributed by atoms with Crippen LogP contribution in [0.3, 0.4) is 0 Å². The molecule has 2 N–H and O–H groups in total. The highest BCUT2D eigenvalue weighted by atomic mass is 79.9. The van der Waals surface area contributed by atoms with E-state index in [0.717, 1.165) is 20.6 Å². The molecule has 13 heavy (non-hydrogen) atoms. The fraction of sp³-hybridized carbons (Fsp3) is 0.111. The highest BCUT2D eigenvalue weighted by Crippen LogP contribution is 2.38. The molecule has 68 valence electrons. The number of hydrogen-bond donors (Lipinski definition) is 2. The average molecular weight is 274 g/mol. The van der Waals surface area contributed by atoms with Crippen molar-refractivity contribution in [3.05, 3.63) is 23.8 Å². The first-order valence-electron chi connectivity index (χ1n) is 3.79. The Morgan fingerprint density at radius 2 is 2.23 bits per heavy atom. The van der Waals surface area contributed by atoms with Gasteiger partial charge in [0.15, 0.2) is 0 Å². The molecule has 0 radical (unpaired) electrons. The molecule has 4 heteroatoms. The third kappa shape index (κ3) is 1.47. The minimum absolute atomic E-state index is 0.804. The van der Waals surface area contributed by atoms with Crippen molar-refractivity contribution in [1.29, 1.82) is 0 Å². The van der Waals surface area contributed by atoms with Gasteiger partial charge in [0.1, 0.15) is 0 Å². The molecule has 1 heterocycles. The zero-order chi connectivity index (χ0) is 9.42. The van der Waals surface area contributed by atoms with Gasteiger partial charge in [0.25, 0.3) is 0 Å². The standard InChI is InChI=1S/C9H8BrNS2/c10-4-5-2-1-3-6-7(5)8(11)9(12)13-6/h1-3,12H,4,11H2. The predicted molar refractivity (Wildman–Crippen MR) is 66.1 cm³/mol. The van der Waals surface area contributed by atoms with E-state index in [1.807, 2.05) is 6.07 Å². The summed E-state index contributed by atoms with van der Waals surface area (Å²) in [6.45, 7) is 0. The topological polar surface area (TPSA) is 26.0 Å². The largest absolute Gasteiger partial charge is 0.397 e. The number of fused-ring (bicyclic) bond motifs is 1. The van der Waals surface area contributed by atoms with Gasteiger partial charge < -0.3 is 5.73 Å². The molecule has 1 aromatic carbocycles. The molecular formula is C9H8BrNS2. The molecule has 0 spiro atoms. The lowest BCUT2D eigenvalue weighted by Crippen LogP contribution is -1.86. The average Bonchev–Trinajstić information content (AvgIpc) is 2.43. The maximum absolute atomic E-state index is 5.93. The van der Waals surface area contributed by atoms with Crippen molar-refractivity contribution in [3.63, 3.8) is 0 Å². The van der Waals surface area contributed by atoms with Crippen molar-refractivity contribution in [1.82, 2.24) is 0 Å². The summed E-state index contributed by atoms with van der Waals surface area (Å²) in [7, 11) is 0. The second-order valence-electron chi connectivity index (χ2n) is 2.74. The Balaban J connectivity index is 2.87. The van der Waals surface area contributed by atoms with E-state index in [2.05, 4.69) is 40.7 Å². The lowest BCUT2D eigenvalue weighted by Gasteiger charge is -1.98. The molecule has 0 saturated heterocycles. The Morgan fingerprint density at radius 1 is 1.46 bits per heavy atom. The molecule has 0 aliphatic rings. The summed E-state index contributed by atoms with van der Waals surface area (Å²) >= 11 is 9.39. The highest BCUT2D eigenvalue weighted by Gasteiger charge is 2.09. The van der Waals surface area contributed by atoms with Crippen LogP contribution >= 0.6 is 39.9 Å². The molecule has 0 unspecified atom stereocenters. The van der Waals surface area contributed by atoms with Crippen molar-refractivity contribution in [2.75, 3.05) is 5.73 Å². The van der Waals surface area contributed by atoms with Crippen LogP contribution in [0.2, 0.25) is 0 Å². The van der Waals surface area contributed by atoms with E-state index in [1.54, 1.807) is 11.3 Å². The number of nitrogen functional groups attached to an aromatic ring is 1. The lowest BCUT2D eigenvalue weighted by atomic mass is 10.1. The number of anilines is 1. The Kier molecular flexibility index (Phi) is 2.53. The minimum Gasteiger partial charge on any atom is -0.397 e. The molecule has 0 fully saturated rings. The van der Waals surface area contributed by atoms with Crippen LogP contribution in [-0.2, 0) is 5.33 Å². The predicted octanol–water partition coefficient (Wildman–Crippen LogP) is 3.67. The van der Waals surface area contributed by atoms with Gasteiger partial charge in [-0.05, 0) is 11.6 Å². The van der Waals surface area contributed by atoms with Gasteiger partial charge in [-0.2, -0.15) is 0 Å². The molecule has 0 aliphatic carbocycles. The fourth-order valence-corrected chi connectivity index (χ4v) is 3.13. The van der Waals surface area contributed by atoms with E-state index in [9.17, 15) is 0 Å². The van der Waals surface area contributed by atoms with Gasteiger partial charge in [0.2, 0.25) is 0 Å². The smallest absolute Gasteiger partial charge is 0.0811 e. The van der Waals surface area contributed by atoms with Crippen LogP contribution in [0, 0.1) is 0 Å². The number of thiol groups is 1. The number of halogens is 1. The second kappa shape index (κ2) is 3.52. The molecular weight excluding hydrogens is 266 g/mol. The minimum atomic E-state index is 0.804. The van der Waals surface area contributed by atoms with Gasteiger partial charge in [-0.25, -0.2) is 0 Å². The van der Waals surface area contributed by atoms with Crippen LogP contribution in [0.25, 0.3) is 10.1 Å². The maximum Gasteiger partial charge on any atom is 0.0811 e. The zero-order valence-electron chi connectivity index (χ0n) is 6.75. The third-order valence-electron chi connectivity index (χ3n) is 1.96. The Labute approximate surface area is 94.5 Å². The van der Waals surface area contributed by atoms with Crippen LogP contribution in [0.15, 0.2) is 22.4 Å². The summed E-state index contributed by atoms with van der Waals surface area (Å²) in [6.07, 6.45) is 0. The Bertz CT molecular complexity index is 450. The summed E-state index contributed by atoms with van der Waals surface area (Å²) in [4.78, 5) is 0. The number of benzene rings is 1. The second-order valence-corrected chi connectivity index (χ2v) is 5.11. The van der Waals surface area contributed by atoms with Gasteiger partial charge in [0, 0.05) is 15.4 Å². The van der Waals surface area contributed by atoms with E-state index < -0.39 is 0 Å². The molecule has 2 rings (SSSR count). The summed E-state index contributed by atoms with van der Waals surface area (Å²) in [5.41, 5.74) is 7.96. The van der Waals surface area contributed by atoms with Crippen molar-refractivity contribution >= 4 is 55.7 Å². The Morgan fingerprint density at radius 3 is 2.92 bits per heavy atom. The van der Waals surface area contributed by atoms with Crippen molar-refractivity contribution in [2.24, 2.45) is 0 Å². The van der Waals surface area contributed by atoms with Crippen LogP contribution in [0.1, 0.15) is 5.56 Å². The zero-order valence-corrected chi connectivity index (χ0v) is 10.0. The van der Waals surface area contributed by atoms with Crippen LogP contribution in [-0.4, -0.2) is 0 Å². The van der Waals surface area contributed by atoms with E-state index in [0.29, 0.717) is 0 Å². The number of rotatable bonds is 1. The van der Waals surface area contributed by atoms with Crippen LogP contribution < -0.4 is 5.73 Å². The van der Waals surface area contributed by atoms with Gasteiger partial charge in [-0.15, -0.1) is 24.0 Å². The SMILES string of the molecule is Nc1c(S)sc2cccc(CBr)c12.